The summed E-state index contributed by atoms with van der Waals surface area (Å²) < 4.78 is 13.7. The van der Waals surface area contributed by atoms with E-state index in [9.17, 15) is 9.59 Å². The third-order valence-electron chi connectivity index (χ3n) is 6.07. The molecule has 0 radical (unpaired) electrons. The Hall–Kier alpha value is -4.66. The quantitative estimate of drug-likeness (QED) is 0.364. The maximum absolute atomic E-state index is 13.1. The number of amides is 1. The van der Waals surface area contributed by atoms with Gasteiger partial charge in [0.25, 0.3) is 11.5 Å². The molecule has 0 aliphatic carbocycles. The lowest BCUT2D eigenvalue weighted by Gasteiger charge is -2.10. The zero-order chi connectivity index (χ0) is 25.1. The Labute approximate surface area is 206 Å². The van der Waals surface area contributed by atoms with Crippen molar-refractivity contribution in [2.75, 3.05) is 20.8 Å². The highest BCUT2D eigenvalue weighted by atomic mass is 16.5. The molecular weight excluding hydrogens is 458 g/mol. The van der Waals surface area contributed by atoms with Gasteiger partial charge in [0.05, 0.1) is 33.5 Å². The number of hydrogen-bond donors (Lipinski definition) is 1. The normalized spacial score (nSPS) is 11.1. The zero-order valence-corrected chi connectivity index (χ0v) is 20.0. The van der Waals surface area contributed by atoms with Crippen molar-refractivity contribution in [1.29, 1.82) is 0 Å². The van der Waals surface area contributed by atoms with Crippen LogP contribution in [-0.4, -0.2) is 46.0 Å². The van der Waals surface area contributed by atoms with Crippen molar-refractivity contribution in [2.24, 2.45) is 0 Å². The van der Waals surface area contributed by atoms with Gasteiger partial charge in [-0.1, -0.05) is 42.5 Å². The molecule has 2 aromatic heterocycles. The molecule has 0 spiro atoms. The molecule has 9 heteroatoms. The standard InChI is InChI=1S/C27H25N5O4/c1-35-21-12-20(13-22(14-21)36-2)26(33)28-10-11-32-25-24(15-30-32)27(34)31(17-29-25)16-19-8-5-7-18-6-3-4-9-23(18)19/h3-9,12-15,17H,10-11,16H2,1-2H3,(H,28,33). The molecule has 36 heavy (non-hydrogen) atoms. The second kappa shape index (κ2) is 9.91. The van der Waals surface area contributed by atoms with E-state index >= 15 is 0 Å². The van der Waals surface area contributed by atoms with Gasteiger partial charge in [-0.05, 0) is 28.5 Å². The summed E-state index contributed by atoms with van der Waals surface area (Å²) in [5.74, 6) is 0.789. The first-order valence-corrected chi connectivity index (χ1v) is 11.5. The predicted molar refractivity (Wildman–Crippen MR) is 137 cm³/mol. The van der Waals surface area contributed by atoms with Crippen LogP contribution in [0.2, 0.25) is 0 Å². The van der Waals surface area contributed by atoms with Crippen LogP contribution in [0.5, 0.6) is 11.5 Å². The second-order valence-electron chi connectivity index (χ2n) is 8.28. The Kier molecular flexibility index (Phi) is 6.36. The van der Waals surface area contributed by atoms with E-state index in [1.165, 1.54) is 20.4 Å². The number of methoxy groups -OCH3 is 2. The Morgan fingerprint density at radius 3 is 2.50 bits per heavy atom. The molecule has 9 nitrogen and oxygen atoms in total. The molecule has 0 aliphatic rings. The van der Waals surface area contributed by atoms with Gasteiger partial charge in [-0.2, -0.15) is 5.10 Å². The van der Waals surface area contributed by atoms with E-state index in [4.69, 9.17) is 9.47 Å². The highest BCUT2D eigenvalue weighted by Gasteiger charge is 2.13. The summed E-state index contributed by atoms with van der Waals surface area (Å²) in [4.78, 5) is 30.3. The van der Waals surface area contributed by atoms with Crippen LogP contribution in [0.3, 0.4) is 0 Å². The van der Waals surface area contributed by atoms with E-state index in [1.54, 1.807) is 33.8 Å². The molecule has 182 valence electrons. The average molecular weight is 484 g/mol. The minimum atomic E-state index is -0.269. The van der Waals surface area contributed by atoms with Crippen LogP contribution in [0.1, 0.15) is 15.9 Å². The molecule has 0 saturated carbocycles. The lowest BCUT2D eigenvalue weighted by Crippen LogP contribution is -2.28. The van der Waals surface area contributed by atoms with E-state index in [-0.39, 0.29) is 11.5 Å². The minimum Gasteiger partial charge on any atom is -0.497 e. The van der Waals surface area contributed by atoms with Gasteiger partial charge in [0, 0.05) is 18.2 Å². The maximum Gasteiger partial charge on any atom is 0.264 e. The summed E-state index contributed by atoms with van der Waals surface area (Å²) in [5.41, 5.74) is 1.78. The number of carbonyl (C=O) groups excluding carboxylic acids is 1. The van der Waals surface area contributed by atoms with Crippen molar-refractivity contribution in [2.45, 2.75) is 13.1 Å². The van der Waals surface area contributed by atoms with Crippen LogP contribution in [-0.2, 0) is 13.1 Å². The Morgan fingerprint density at radius 2 is 1.72 bits per heavy atom. The molecule has 0 aliphatic heterocycles. The number of carbonyl (C=O) groups is 1. The highest BCUT2D eigenvalue weighted by molar-refractivity contribution is 5.95. The number of hydrogen-bond acceptors (Lipinski definition) is 6. The number of rotatable bonds is 8. The predicted octanol–water partition coefficient (Wildman–Crippen LogP) is 3.24. The van der Waals surface area contributed by atoms with Crippen molar-refractivity contribution >= 4 is 27.7 Å². The van der Waals surface area contributed by atoms with Gasteiger partial charge in [-0.25, -0.2) is 9.67 Å². The lowest BCUT2D eigenvalue weighted by atomic mass is 10.0. The first-order chi connectivity index (χ1) is 17.6. The average Bonchev–Trinajstić information content (AvgIpc) is 3.33. The monoisotopic (exact) mass is 483 g/mol. The first-order valence-electron chi connectivity index (χ1n) is 11.5. The smallest absolute Gasteiger partial charge is 0.264 e. The zero-order valence-electron chi connectivity index (χ0n) is 20.0. The van der Waals surface area contributed by atoms with Gasteiger partial charge >= 0.3 is 0 Å². The molecule has 0 saturated heterocycles. The SMILES string of the molecule is COc1cc(OC)cc(C(=O)NCCn2ncc3c(=O)n(Cc4cccc5ccccc45)cnc32)c1. The molecule has 1 amide bonds. The summed E-state index contributed by atoms with van der Waals surface area (Å²) >= 11 is 0. The number of ether oxygens (including phenoxy) is 2. The van der Waals surface area contributed by atoms with Crippen molar-refractivity contribution in [1.82, 2.24) is 24.6 Å². The number of nitrogens with zero attached hydrogens (tertiary/aromatic N) is 4. The third-order valence-corrected chi connectivity index (χ3v) is 6.07. The van der Waals surface area contributed by atoms with E-state index in [0.717, 1.165) is 16.3 Å². The summed E-state index contributed by atoms with van der Waals surface area (Å²) in [6.07, 6.45) is 3.07. The van der Waals surface area contributed by atoms with Crippen LogP contribution in [0.4, 0.5) is 0 Å². The van der Waals surface area contributed by atoms with Gasteiger partial charge in [-0.15, -0.1) is 0 Å². The van der Waals surface area contributed by atoms with Gasteiger partial charge in [0.2, 0.25) is 0 Å². The highest BCUT2D eigenvalue weighted by Crippen LogP contribution is 2.22. The summed E-state index contributed by atoms with van der Waals surface area (Å²) in [6.45, 7) is 1.07. The van der Waals surface area contributed by atoms with E-state index in [2.05, 4.69) is 33.6 Å². The van der Waals surface area contributed by atoms with Crippen LogP contribution in [0.15, 0.2) is 78.0 Å². The number of benzene rings is 3. The molecule has 0 fully saturated rings. The topological polar surface area (TPSA) is 100 Å². The Morgan fingerprint density at radius 1 is 0.972 bits per heavy atom. The molecule has 0 unspecified atom stereocenters. The van der Waals surface area contributed by atoms with Crippen molar-refractivity contribution < 1.29 is 14.3 Å². The molecule has 5 aromatic rings. The van der Waals surface area contributed by atoms with E-state index < -0.39 is 0 Å². The fraction of sp³-hybridized carbons (Fsp3) is 0.185. The van der Waals surface area contributed by atoms with Crippen molar-refractivity contribution in [3.05, 3.63) is 94.7 Å². The largest absolute Gasteiger partial charge is 0.497 e. The van der Waals surface area contributed by atoms with Gasteiger partial charge in [0.15, 0.2) is 5.65 Å². The van der Waals surface area contributed by atoms with Gasteiger partial charge in [-0.3, -0.25) is 14.2 Å². The molecule has 5 rings (SSSR count). The van der Waals surface area contributed by atoms with Crippen molar-refractivity contribution in [3.8, 4) is 11.5 Å². The van der Waals surface area contributed by atoms with E-state index in [1.807, 2.05) is 24.3 Å². The number of nitrogens with one attached hydrogen (secondary N) is 1. The summed E-state index contributed by atoms with van der Waals surface area (Å²) in [7, 11) is 3.06. The molecular formula is C27H25N5O4. The molecule has 2 heterocycles. The van der Waals surface area contributed by atoms with Crippen LogP contribution in [0.25, 0.3) is 21.8 Å². The Bertz CT molecular complexity index is 1590. The fourth-order valence-electron chi connectivity index (χ4n) is 4.20. The van der Waals surface area contributed by atoms with Crippen LogP contribution < -0.4 is 20.3 Å². The molecule has 0 bridgehead atoms. The lowest BCUT2D eigenvalue weighted by molar-refractivity contribution is 0.0951. The van der Waals surface area contributed by atoms with Gasteiger partial charge < -0.3 is 14.8 Å². The first kappa shape index (κ1) is 23.1. The minimum absolute atomic E-state index is 0.160. The summed E-state index contributed by atoms with van der Waals surface area (Å²) in [5, 5.41) is 9.85. The molecule has 1 N–H and O–H groups in total. The number of aromatic nitrogens is 4. The number of fused-ring (bicyclic) bond motifs is 2. The molecule has 0 atom stereocenters. The van der Waals surface area contributed by atoms with Crippen molar-refractivity contribution in [3.63, 3.8) is 0 Å². The van der Waals surface area contributed by atoms with Crippen LogP contribution >= 0.6 is 0 Å². The van der Waals surface area contributed by atoms with Gasteiger partial charge in [0.1, 0.15) is 23.2 Å². The van der Waals surface area contributed by atoms with Crippen LogP contribution in [0, 0.1) is 0 Å². The summed E-state index contributed by atoms with van der Waals surface area (Å²) in [6, 6.07) is 19.1. The third kappa shape index (κ3) is 4.50. The maximum atomic E-state index is 13.1. The fourth-order valence-corrected chi connectivity index (χ4v) is 4.20. The Balaban J connectivity index is 1.31. The van der Waals surface area contributed by atoms with E-state index in [0.29, 0.717) is 47.7 Å². The second-order valence-corrected chi connectivity index (χ2v) is 8.28. The molecule has 3 aromatic carbocycles.